The first-order chi connectivity index (χ1) is 13.7. The number of hydrogen-bond donors (Lipinski definition) is 2. The van der Waals surface area contributed by atoms with E-state index >= 15 is 0 Å². The molecule has 2 rings (SSSR count). The molecule has 0 saturated carbocycles. The normalized spacial score (nSPS) is 10.5. The van der Waals surface area contributed by atoms with Crippen LogP contribution in [-0.4, -0.2) is 7.05 Å². The minimum absolute atomic E-state index is 0.488. The van der Waals surface area contributed by atoms with Gasteiger partial charge in [0.05, 0.1) is 5.69 Å². The van der Waals surface area contributed by atoms with Crippen LogP contribution in [0.4, 0.5) is 5.69 Å². The first-order valence-electron chi connectivity index (χ1n) is 10.8. The molecule has 0 saturated heterocycles. The third-order valence-corrected chi connectivity index (χ3v) is 4.02. The molecule has 0 aliphatic rings. The molecule has 0 spiro atoms. The summed E-state index contributed by atoms with van der Waals surface area (Å²) in [5, 5.41) is 1.97. The minimum Gasteiger partial charge on any atom is -0.403 e. The highest BCUT2D eigenvalue weighted by Crippen LogP contribution is 2.33. The lowest BCUT2D eigenvalue weighted by Crippen LogP contribution is -2.30. The lowest BCUT2D eigenvalue weighted by atomic mass is 9.93. The van der Waals surface area contributed by atoms with E-state index in [-0.39, 0.29) is 0 Å². The third-order valence-electron chi connectivity index (χ3n) is 4.02. The minimum atomic E-state index is 0.488. The van der Waals surface area contributed by atoms with Crippen molar-refractivity contribution in [1.82, 2.24) is 5.43 Å². The second-order valence-electron chi connectivity index (χ2n) is 5.38. The molecule has 28 heavy (non-hydrogen) atoms. The van der Waals surface area contributed by atoms with Gasteiger partial charge in [0.2, 0.25) is 0 Å². The van der Waals surface area contributed by atoms with Gasteiger partial charge in [-0.2, -0.15) is 0 Å². The second kappa shape index (κ2) is 18.1. The Morgan fingerprint density at radius 2 is 1.50 bits per heavy atom. The van der Waals surface area contributed by atoms with Crippen LogP contribution in [0.2, 0.25) is 0 Å². The fourth-order valence-electron chi connectivity index (χ4n) is 2.56. The van der Waals surface area contributed by atoms with Crippen molar-refractivity contribution in [3.63, 3.8) is 0 Å². The highest BCUT2D eigenvalue weighted by Gasteiger charge is 2.14. The summed E-state index contributed by atoms with van der Waals surface area (Å²) in [6.07, 6.45) is 4.49. The summed E-state index contributed by atoms with van der Waals surface area (Å²) >= 11 is 0. The van der Waals surface area contributed by atoms with Crippen molar-refractivity contribution in [3.8, 4) is 11.1 Å². The number of nitrogens with one attached hydrogen (secondary N) is 1. The number of rotatable bonds is 6. The van der Waals surface area contributed by atoms with Crippen molar-refractivity contribution < 1.29 is 0 Å². The molecule has 0 amide bonds. The number of benzene rings is 2. The number of anilines is 1. The molecular weight excluding hydrogens is 342 g/mol. The molecular formula is C25H43N3. The molecule has 1 unspecified atom stereocenters. The Labute approximate surface area is 174 Å². The molecule has 1 atom stereocenters. The highest BCUT2D eigenvalue weighted by atomic mass is 15.5. The van der Waals surface area contributed by atoms with Crippen LogP contribution in [0.3, 0.4) is 0 Å². The molecule has 3 nitrogen and oxygen atoms in total. The summed E-state index contributed by atoms with van der Waals surface area (Å²) < 4.78 is 0. The van der Waals surface area contributed by atoms with E-state index < -0.39 is 0 Å². The summed E-state index contributed by atoms with van der Waals surface area (Å²) in [4.78, 5) is 0. The van der Waals surface area contributed by atoms with Gasteiger partial charge in [-0.3, -0.25) is 5.01 Å². The van der Waals surface area contributed by atoms with Crippen LogP contribution in [0.25, 0.3) is 11.1 Å². The van der Waals surface area contributed by atoms with Gasteiger partial charge in [-0.15, -0.1) is 0 Å². The Bertz CT molecular complexity index is 621. The Balaban J connectivity index is 0. The van der Waals surface area contributed by atoms with E-state index in [1.54, 1.807) is 6.20 Å². The SMILES string of the molecule is CC.CC.CC.CCC(C)c1ccc(-c2ccccc2)cc1N(/C=C\N)NC. The summed E-state index contributed by atoms with van der Waals surface area (Å²) in [5.41, 5.74) is 13.6. The van der Waals surface area contributed by atoms with Crippen LogP contribution in [-0.2, 0) is 0 Å². The van der Waals surface area contributed by atoms with Gasteiger partial charge in [-0.25, -0.2) is 5.43 Å². The zero-order valence-corrected chi connectivity index (χ0v) is 19.6. The van der Waals surface area contributed by atoms with Crippen LogP contribution >= 0.6 is 0 Å². The van der Waals surface area contributed by atoms with E-state index in [0.29, 0.717) is 5.92 Å². The monoisotopic (exact) mass is 385 g/mol. The van der Waals surface area contributed by atoms with Crippen molar-refractivity contribution >= 4 is 5.69 Å². The first-order valence-corrected chi connectivity index (χ1v) is 10.8. The van der Waals surface area contributed by atoms with E-state index in [0.717, 1.165) is 12.1 Å². The lowest BCUT2D eigenvalue weighted by Gasteiger charge is -2.25. The van der Waals surface area contributed by atoms with E-state index in [1.165, 1.54) is 16.7 Å². The zero-order chi connectivity index (χ0) is 21.9. The van der Waals surface area contributed by atoms with Crippen LogP contribution in [0.5, 0.6) is 0 Å². The zero-order valence-electron chi connectivity index (χ0n) is 19.6. The van der Waals surface area contributed by atoms with E-state index in [9.17, 15) is 0 Å². The number of nitrogens with zero attached hydrogens (tertiary/aromatic N) is 1. The van der Waals surface area contributed by atoms with Gasteiger partial charge in [0, 0.05) is 19.4 Å². The van der Waals surface area contributed by atoms with Crippen molar-refractivity contribution in [2.45, 2.75) is 67.7 Å². The largest absolute Gasteiger partial charge is 0.403 e. The molecule has 0 aliphatic heterocycles. The molecule has 158 valence electrons. The van der Waals surface area contributed by atoms with Crippen molar-refractivity contribution in [2.24, 2.45) is 5.73 Å². The highest BCUT2D eigenvalue weighted by molar-refractivity contribution is 5.71. The van der Waals surface area contributed by atoms with Crippen molar-refractivity contribution in [2.75, 3.05) is 12.1 Å². The van der Waals surface area contributed by atoms with E-state index in [1.807, 2.05) is 65.9 Å². The predicted octanol–water partition coefficient (Wildman–Crippen LogP) is 7.32. The molecule has 0 heterocycles. The number of hydrazine groups is 1. The maximum Gasteiger partial charge on any atom is 0.0612 e. The summed E-state index contributed by atoms with van der Waals surface area (Å²) in [6, 6.07) is 17.1. The second-order valence-corrected chi connectivity index (χ2v) is 5.38. The van der Waals surface area contributed by atoms with E-state index in [4.69, 9.17) is 5.73 Å². The smallest absolute Gasteiger partial charge is 0.0612 e. The van der Waals surface area contributed by atoms with Gasteiger partial charge in [0.15, 0.2) is 0 Å². The van der Waals surface area contributed by atoms with Crippen molar-refractivity contribution in [3.05, 3.63) is 66.5 Å². The molecule has 0 radical (unpaired) electrons. The first kappa shape index (κ1) is 28.0. The maximum atomic E-state index is 5.59. The third kappa shape index (κ3) is 8.62. The molecule has 0 aromatic heterocycles. The van der Waals surface area contributed by atoms with Gasteiger partial charge in [-0.05, 0) is 35.1 Å². The van der Waals surface area contributed by atoms with Crippen LogP contribution in [0, 0.1) is 0 Å². The Morgan fingerprint density at radius 1 is 0.929 bits per heavy atom. The van der Waals surface area contributed by atoms with Gasteiger partial charge in [-0.1, -0.05) is 97.9 Å². The summed E-state index contributed by atoms with van der Waals surface area (Å²) in [6.45, 7) is 16.5. The molecule has 0 fully saturated rings. The Morgan fingerprint density at radius 3 is 1.96 bits per heavy atom. The number of hydrogen-bond acceptors (Lipinski definition) is 3. The molecule has 2 aromatic carbocycles. The fourth-order valence-corrected chi connectivity index (χ4v) is 2.56. The quantitative estimate of drug-likeness (QED) is 0.512. The summed E-state index contributed by atoms with van der Waals surface area (Å²) in [5.74, 6) is 0.488. The van der Waals surface area contributed by atoms with Crippen LogP contribution < -0.4 is 16.2 Å². The molecule has 3 heteroatoms. The number of nitrogens with two attached hydrogens (primary N) is 1. The lowest BCUT2D eigenvalue weighted by molar-refractivity contribution is 0.721. The molecule has 0 bridgehead atoms. The van der Waals surface area contributed by atoms with Crippen molar-refractivity contribution in [1.29, 1.82) is 0 Å². The average Bonchev–Trinajstić information content (AvgIpc) is 2.81. The molecule has 2 aromatic rings. The van der Waals surface area contributed by atoms with Crippen LogP contribution in [0.15, 0.2) is 60.9 Å². The van der Waals surface area contributed by atoms with Gasteiger partial charge < -0.3 is 5.73 Å². The standard InChI is InChI=1S/C19H25N3.3C2H6/c1-4-15(2)18-11-10-17(16-8-6-5-7-9-16)14-19(18)22(21-3)13-12-20;3*1-2/h5-15,21H,4,20H2,1-3H3;3*1-2H3/b13-12-;;;. The van der Waals surface area contributed by atoms with Crippen LogP contribution in [0.1, 0.15) is 73.3 Å². The van der Waals surface area contributed by atoms with E-state index in [2.05, 4.69) is 61.7 Å². The molecule has 0 aliphatic carbocycles. The molecule has 3 N–H and O–H groups in total. The van der Waals surface area contributed by atoms with Gasteiger partial charge in [0.25, 0.3) is 0 Å². The Kier molecular flexibility index (Phi) is 18.1. The van der Waals surface area contributed by atoms with Gasteiger partial charge in [0.1, 0.15) is 0 Å². The Hall–Kier alpha value is -2.26. The maximum absolute atomic E-state index is 5.59. The average molecular weight is 386 g/mol. The predicted molar refractivity (Wildman–Crippen MR) is 129 cm³/mol. The van der Waals surface area contributed by atoms with Gasteiger partial charge >= 0.3 is 0 Å². The topological polar surface area (TPSA) is 41.3 Å². The fraction of sp³-hybridized carbons (Fsp3) is 0.440. The summed E-state index contributed by atoms with van der Waals surface area (Å²) in [7, 11) is 1.90.